The summed E-state index contributed by atoms with van der Waals surface area (Å²) in [6.07, 6.45) is -1.04. The molecule has 0 fully saturated rings. The Bertz CT molecular complexity index is 1150. The number of carbonyl (C=O) groups is 1. The number of esters is 1. The fraction of sp³-hybridized carbons (Fsp3) is 0.348. The Labute approximate surface area is 204 Å². The van der Waals surface area contributed by atoms with E-state index in [1.165, 1.54) is 19.5 Å². The molecule has 0 spiro atoms. The third-order valence-electron chi connectivity index (χ3n) is 4.79. The second-order valence-electron chi connectivity index (χ2n) is 7.36. The van der Waals surface area contributed by atoms with Crippen LogP contribution in [0, 0.1) is 5.82 Å². The number of aliphatic hydroxyl groups is 2. The largest absolute Gasteiger partial charge is 0.493 e. The standard InChI is InChI=1S/C23H25BrFN3O6/c1-3-33-22(31)8-14(29)7-15(30)11-34-21-10-19-16(9-20(21)32-2)23(27-12-26-19)28-18-5-4-13(24)6-17(18)25/h4-6,9-10,12,14-15,29-30H,3,7-8,11H2,1-2H3,(H,26,27,28)/t14-,15+/m1/s1. The predicted octanol–water partition coefficient (Wildman–Crippen LogP) is 3.73. The van der Waals surface area contributed by atoms with E-state index in [4.69, 9.17) is 14.2 Å². The molecule has 0 aliphatic carbocycles. The lowest BCUT2D eigenvalue weighted by Gasteiger charge is -2.18. The molecule has 0 unspecified atom stereocenters. The zero-order valence-corrected chi connectivity index (χ0v) is 20.2. The average Bonchev–Trinajstić information content (AvgIpc) is 2.79. The molecule has 0 radical (unpaired) electrons. The molecule has 2 atom stereocenters. The van der Waals surface area contributed by atoms with Crippen LogP contribution in [0.4, 0.5) is 15.9 Å². The molecule has 3 aromatic rings. The van der Waals surface area contributed by atoms with Crippen LogP contribution in [0.3, 0.4) is 0 Å². The van der Waals surface area contributed by atoms with E-state index in [0.29, 0.717) is 32.7 Å². The molecule has 0 saturated heterocycles. The lowest BCUT2D eigenvalue weighted by molar-refractivity contribution is -0.145. The number of ether oxygens (including phenoxy) is 3. The van der Waals surface area contributed by atoms with Gasteiger partial charge in [-0.1, -0.05) is 15.9 Å². The van der Waals surface area contributed by atoms with Gasteiger partial charge in [0.25, 0.3) is 0 Å². The van der Waals surface area contributed by atoms with Gasteiger partial charge in [-0.15, -0.1) is 0 Å². The van der Waals surface area contributed by atoms with Crippen LogP contribution in [0.25, 0.3) is 10.9 Å². The monoisotopic (exact) mass is 537 g/mol. The van der Waals surface area contributed by atoms with Crippen LogP contribution >= 0.6 is 15.9 Å². The summed E-state index contributed by atoms with van der Waals surface area (Å²) in [5.74, 6) is 0.0473. The molecular formula is C23H25BrFN3O6. The molecule has 0 amide bonds. The molecule has 34 heavy (non-hydrogen) atoms. The van der Waals surface area contributed by atoms with Gasteiger partial charge in [0.05, 0.1) is 43.5 Å². The number of carbonyl (C=O) groups excluding carboxylic acids is 1. The van der Waals surface area contributed by atoms with E-state index in [1.807, 2.05) is 0 Å². The molecule has 0 bridgehead atoms. The van der Waals surface area contributed by atoms with Crippen molar-refractivity contribution in [3.63, 3.8) is 0 Å². The molecule has 0 aliphatic rings. The number of anilines is 2. The highest BCUT2D eigenvalue weighted by atomic mass is 79.9. The Morgan fingerprint density at radius 1 is 1.18 bits per heavy atom. The molecule has 0 saturated carbocycles. The van der Waals surface area contributed by atoms with Gasteiger partial charge in [0.2, 0.25) is 0 Å². The van der Waals surface area contributed by atoms with Gasteiger partial charge < -0.3 is 29.7 Å². The number of fused-ring (bicyclic) bond motifs is 1. The second-order valence-corrected chi connectivity index (χ2v) is 8.27. The van der Waals surface area contributed by atoms with Crippen LogP contribution in [-0.4, -0.2) is 58.7 Å². The maximum Gasteiger partial charge on any atom is 0.308 e. The topological polar surface area (TPSA) is 123 Å². The number of aliphatic hydroxyl groups excluding tert-OH is 2. The van der Waals surface area contributed by atoms with Crippen molar-refractivity contribution in [3.8, 4) is 11.5 Å². The summed E-state index contributed by atoms with van der Waals surface area (Å²) in [5, 5.41) is 23.7. The Balaban J connectivity index is 1.73. The van der Waals surface area contributed by atoms with Crippen molar-refractivity contribution >= 4 is 44.3 Å². The predicted molar refractivity (Wildman–Crippen MR) is 127 cm³/mol. The first-order valence-electron chi connectivity index (χ1n) is 10.5. The van der Waals surface area contributed by atoms with E-state index in [2.05, 4.69) is 31.2 Å². The fourth-order valence-corrected chi connectivity index (χ4v) is 3.55. The highest BCUT2D eigenvalue weighted by Gasteiger charge is 2.18. The first-order chi connectivity index (χ1) is 16.3. The van der Waals surface area contributed by atoms with Gasteiger partial charge in [-0.05, 0) is 31.2 Å². The van der Waals surface area contributed by atoms with Crippen LogP contribution in [0.1, 0.15) is 19.8 Å². The summed E-state index contributed by atoms with van der Waals surface area (Å²) in [6, 6.07) is 7.88. The number of rotatable bonds is 11. The number of methoxy groups -OCH3 is 1. The molecule has 3 rings (SSSR count). The Morgan fingerprint density at radius 3 is 2.68 bits per heavy atom. The van der Waals surface area contributed by atoms with Crippen molar-refractivity contribution in [3.05, 3.63) is 46.9 Å². The number of hydrogen-bond donors (Lipinski definition) is 3. The van der Waals surface area contributed by atoms with E-state index in [0.717, 1.165) is 0 Å². The van der Waals surface area contributed by atoms with Crippen LogP contribution < -0.4 is 14.8 Å². The van der Waals surface area contributed by atoms with Crippen molar-refractivity contribution in [1.82, 2.24) is 9.97 Å². The van der Waals surface area contributed by atoms with E-state index >= 15 is 0 Å². The van der Waals surface area contributed by atoms with Crippen LogP contribution in [0.15, 0.2) is 41.1 Å². The first-order valence-corrected chi connectivity index (χ1v) is 11.3. The van der Waals surface area contributed by atoms with E-state index < -0.39 is 24.0 Å². The van der Waals surface area contributed by atoms with Gasteiger partial charge >= 0.3 is 5.97 Å². The van der Waals surface area contributed by atoms with Crippen molar-refractivity contribution in [2.24, 2.45) is 0 Å². The first kappa shape index (κ1) is 25.6. The van der Waals surface area contributed by atoms with Gasteiger partial charge in [-0.2, -0.15) is 0 Å². The van der Waals surface area contributed by atoms with Crippen molar-refractivity contribution in [1.29, 1.82) is 0 Å². The lowest BCUT2D eigenvalue weighted by Crippen LogP contribution is -2.26. The Morgan fingerprint density at radius 2 is 1.97 bits per heavy atom. The minimum Gasteiger partial charge on any atom is -0.493 e. The number of hydrogen-bond acceptors (Lipinski definition) is 9. The van der Waals surface area contributed by atoms with Crippen LogP contribution in [0.2, 0.25) is 0 Å². The van der Waals surface area contributed by atoms with Crippen molar-refractivity contribution in [2.45, 2.75) is 32.0 Å². The maximum absolute atomic E-state index is 14.3. The van der Waals surface area contributed by atoms with Crippen LogP contribution in [0.5, 0.6) is 11.5 Å². The molecule has 1 aromatic heterocycles. The smallest absolute Gasteiger partial charge is 0.308 e. The zero-order valence-electron chi connectivity index (χ0n) is 18.6. The minimum absolute atomic E-state index is 0.0658. The summed E-state index contributed by atoms with van der Waals surface area (Å²) in [4.78, 5) is 19.9. The summed E-state index contributed by atoms with van der Waals surface area (Å²) in [5.41, 5.74) is 0.745. The zero-order chi connectivity index (χ0) is 24.7. The number of nitrogens with zero attached hydrogens (tertiary/aromatic N) is 2. The molecular weight excluding hydrogens is 513 g/mol. The molecule has 3 N–H and O–H groups in total. The maximum atomic E-state index is 14.3. The van der Waals surface area contributed by atoms with E-state index in [-0.39, 0.29) is 31.7 Å². The van der Waals surface area contributed by atoms with Gasteiger partial charge in [-0.3, -0.25) is 4.79 Å². The lowest BCUT2D eigenvalue weighted by atomic mass is 10.1. The van der Waals surface area contributed by atoms with Gasteiger partial charge in [0, 0.05) is 22.3 Å². The molecule has 182 valence electrons. The molecule has 0 aliphatic heterocycles. The van der Waals surface area contributed by atoms with Gasteiger partial charge in [0.1, 0.15) is 24.6 Å². The van der Waals surface area contributed by atoms with E-state index in [9.17, 15) is 19.4 Å². The summed E-state index contributed by atoms with van der Waals surface area (Å²) >= 11 is 3.23. The van der Waals surface area contributed by atoms with Crippen LogP contribution in [-0.2, 0) is 9.53 Å². The number of halogens is 2. The third-order valence-corrected chi connectivity index (χ3v) is 5.28. The molecule has 1 heterocycles. The van der Waals surface area contributed by atoms with Gasteiger partial charge in [-0.25, -0.2) is 14.4 Å². The number of benzene rings is 2. The van der Waals surface area contributed by atoms with Gasteiger partial charge in [0.15, 0.2) is 11.5 Å². The Hall–Kier alpha value is -3.02. The summed E-state index contributed by atoms with van der Waals surface area (Å²) in [7, 11) is 1.46. The quantitative estimate of drug-likeness (QED) is 0.314. The normalized spacial score (nSPS) is 12.8. The number of nitrogens with one attached hydrogen (secondary N) is 1. The molecule has 9 nitrogen and oxygen atoms in total. The average molecular weight is 538 g/mol. The molecule has 11 heteroatoms. The number of aromatic nitrogens is 2. The minimum atomic E-state index is -1.06. The SMILES string of the molecule is CCOC(=O)C[C@H](O)C[C@H](O)COc1cc2ncnc(Nc3ccc(Br)cc3F)c2cc1OC. The van der Waals surface area contributed by atoms with E-state index in [1.54, 1.807) is 31.2 Å². The highest BCUT2D eigenvalue weighted by molar-refractivity contribution is 9.10. The molecule has 2 aromatic carbocycles. The fourth-order valence-electron chi connectivity index (χ4n) is 3.22. The Kier molecular flexibility index (Phi) is 8.97. The second kappa shape index (κ2) is 11.9. The van der Waals surface area contributed by atoms with Crippen molar-refractivity contribution in [2.75, 3.05) is 25.6 Å². The highest BCUT2D eigenvalue weighted by Crippen LogP contribution is 2.35. The third kappa shape index (κ3) is 6.75. The summed E-state index contributed by atoms with van der Waals surface area (Å²) < 4.78 is 30.8. The van der Waals surface area contributed by atoms with Crippen molar-refractivity contribution < 1.29 is 33.6 Å². The summed E-state index contributed by atoms with van der Waals surface area (Å²) in [6.45, 7) is 1.74.